The lowest BCUT2D eigenvalue weighted by molar-refractivity contribution is -0.154. The van der Waals surface area contributed by atoms with Gasteiger partial charge in [0, 0.05) is 19.6 Å². The average Bonchev–Trinajstić information content (AvgIpc) is 3.03. The minimum absolute atomic E-state index is 0.107. The van der Waals surface area contributed by atoms with E-state index in [-0.39, 0.29) is 11.9 Å². The molecule has 2 aliphatic rings. The maximum atomic E-state index is 13.0. The summed E-state index contributed by atoms with van der Waals surface area (Å²) in [6.45, 7) is 4.47. The number of benzene rings is 1. The van der Waals surface area contributed by atoms with Crippen LogP contribution in [0.5, 0.6) is 0 Å². The van der Waals surface area contributed by atoms with Gasteiger partial charge in [0.05, 0.1) is 11.5 Å². The molecule has 5 nitrogen and oxygen atoms in total. The Kier molecular flexibility index (Phi) is 4.90. The third kappa shape index (κ3) is 3.46. The summed E-state index contributed by atoms with van der Waals surface area (Å²) in [5.74, 6) is -0.692. The molecule has 2 atom stereocenters. The molecule has 1 aromatic carbocycles. The monoisotopic (exact) mass is 330 g/mol. The summed E-state index contributed by atoms with van der Waals surface area (Å²) in [5.41, 5.74) is 0.405. The molecule has 2 unspecified atom stereocenters. The van der Waals surface area contributed by atoms with Crippen LogP contribution in [-0.4, -0.2) is 52.5 Å². The predicted molar refractivity (Wildman–Crippen MR) is 91.4 cm³/mol. The average molecular weight is 330 g/mol. The van der Waals surface area contributed by atoms with Crippen LogP contribution < -0.4 is 0 Å². The summed E-state index contributed by atoms with van der Waals surface area (Å²) in [6.07, 6.45) is 3.30. The summed E-state index contributed by atoms with van der Waals surface area (Å²) in [7, 11) is 0. The van der Waals surface area contributed by atoms with Crippen molar-refractivity contribution < 1.29 is 14.7 Å². The summed E-state index contributed by atoms with van der Waals surface area (Å²) < 4.78 is 0. The Morgan fingerprint density at radius 3 is 2.67 bits per heavy atom. The Balaban J connectivity index is 1.68. The topological polar surface area (TPSA) is 60.9 Å². The number of hydrogen-bond donors (Lipinski definition) is 1. The van der Waals surface area contributed by atoms with Gasteiger partial charge in [-0.1, -0.05) is 30.3 Å². The predicted octanol–water partition coefficient (Wildman–Crippen LogP) is 2.36. The van der Waals surface area contributed by atoms with Gasteiger partial charge >= 0.3 is 5.97 Å². The zero-order valence-corrected chi connectivity index (χ0v) is 14.3. The maximum Gasteiger partial charge on any atom is 0.311 e. The molecule has 2 saturated heterocycles. The zero-order valence-electron chi connectivity index (χ0n) is 14.3. The van der Waals surface area contributed by atoms with Crippen LogP contribution >= 0.6 is 0 Å². The van der Waals surface area contributed by atoms with E-state index in [0.717, 1.165) is 32.4 Å². The summed E-state index contributed by atoms with van der Waals surface area (Å²) >= 11 is 0. The largest absolute Gasteiger partial charge is 0.481 e. The van der Waals surface area contributed by atoms with Crippen LogP contribution in [0.15, 0.2) is 30.3 Å². The highest BCUT2D eigenvalue weighted by Gasteiger charge is 2.42. The van der Waals surface area contributed by atoms with Crippen molar-refractivity contribution >= 4 is 11.9 Å². The quantitative estimate of drug-likeness (QED) is 0.921. The molecule has 0 bridgehead atoms. The van der Waals surface area contributed by atoms with Crippen molar-refractivity contribution in [3.8, 4) is 0 Å². The molecule has 130 valence electrons. The lowest BCUT2D eigenvalue weighted by Gasteiger charge is -2.39. The second-order valence-corrected chi connectivity index (χ2v) is 7.34. The van der Waals surface area contributed by atoms with Gasteiger partial charge in [-0.2, -0.15) is 0 Å². The molecule has 2 aliphatic heterocycles. The number of likely N-dealkylation sites (tertiary alicyclic amines) is 2. The number of rotatable bonds is 4. The van der Waals surface area contributed by atoms with E-state index in [1.54, 1.807) is 11.8 Å². The SMILES string of the molecule is CC1(C(=O)O)CCCN(C(=O)C2CCCN2Cc2ccccc2)C1. The van der Waals surface area contributed by atoms with E-state index in [2.05, 4.69) is 17.0 Å². The highest BCUT2D eigenvalue weighted by Crippen LogP contribution is 2.31. The van der Waals surface area contributed by atoms with Gasteiger partial charge in [0.25, 0.3) is 0 Å². The normalized spacial score (nSPS) is 28.0. The van der Waals surface area contributed by atoms with E-state index in [0.29, 0.717) is 19.5 Å². The molecule has 1 amide bonds. The molecule has 0 spiro atoms. The van der Waals surface area contributed by atoms with Crippen LogP contribution in [0.4, 0.5) is 0 Å². The van der Waals surface area contributed by atoms with Crippen LogP contribution in [0, 0.1) is 5.41 Å². The van der Waals surface area contributed by atoms with Crippen molar-refractivity contribution in [2.45, 2.75) is 45.2 Å². The Bertz CT molecular complexity index is 604. The van der Waals surface area contributed by atoms with Gasteiger partial charge in [-0.25, -0.2) is 0 Å². The van der Waals surface area contributed by atoms with E-state index >= 15 is 0 Å². The third-order valence-electron chi connectivity index (χ3n) is 5.40. The fourth-order valence-corrected chi connectivity index (χ4v) is 3.93. The molecule has 0 aliphatic carbocycles. The first-order valence-electron chi connectivity index (χ1n) is 8.80. The molecular weight excluding hydrogens is 304 g/mol. The molecule has 1 N–H and O–H groups in total. The molecule has 1 aromatic rings. The number of amides is 1. The number of aliphatic carboxylic acids is 1. The number of carboxylic acid groups (broad SMARTS) is 1. The lowest BCUT2D eigenvalue weighted by atomic mass is 9.82. The van der Waals surface area contributed by atoms with Gasteiger partial charge in [0.15, 0.2) is 0 Å². The molecule has 24 heavy (non-hydrogen) atoms. The first kappa shape index (κ1) is 17.0. The van der Waals surface area contributed by atoms with Crippen molar-refractivity contribution in [1.29, 1.82) is 0 Å². The molecule has 5 heteroatoms. The number of hydrogen-bond acceptors (Lipinski definition) is 3. The van der Waals surface area contributed by atoms with E-state index in [1.165, 1.54) is 5.56 Å². The molecule has 2 heterocycles. The number of carboxylic acids is 1. The van der Waals surface area contributed by atoms with E-state index < -0.39 is 11.4 Å². The number of carbonyl (C=O) groups is 2. The van der Waals surface area contributed by atoms with Crippen LogP contribution in [0.1, 0.15) is 38.2 Å². The van der Waals surface area contributed by atoms with Gasteiger partial charge in [-0.3, -0.25) is 14.5 Å². The molecule has 2 fully saturated rings. The Hall–Kier alpha value is -1.88. The van der Waals surface area contributed by atoms with Gasteiger partial charge < -0.3 is 10.0 Å². The van der Waals surface area contributed by atoms with E-state index in [4.69, 9.17) is 0 Å². The van der Waals surface area contributed by atoms with Crippen LogP contribution in [-0.2, 0) is 16.1 Å². The lowest BCUT2D eigenvalue weighted by Crippen LogP contribution is -2.53. The van der Waals surface area contributed by atoms with Gasteiger partial charge in [0.2, 0.25) is 5.91 Å². The summed E-state index contributed by atoms with van der Waals surface area (Å²) in [6, 6.07) is 10.1. The summed E-state index contributed by atoms with van der Waals surface area (Å²) in [4.78, 5) is 28.5. The Labute approximate surface area is 143 Å². The van der Waals surface area contributed by atoms with Crippen LogP contribution in [0.2, 0.25) is 0 Å². The first-order chi connectivity index (χ1) is 11.5. The molecule has 0 radical (unpaired) electrons. The zero-order chi connectivity index (χ0) is 17.2. The first-order valence-corrected chi connectivity index (χ1v) is 8.80. The minimum atomic E-state index is -0.809. The second kappa shape index (κ2) is 6.93. The van der Waals surface area contributed by atoms with Gasteiger partial charge in [0.1, 0.15) is 0 Å². The highest BCUT2D eigenvalue weighted by atomic mass is 16.4. The Morgan fingerprint density at radius 1 is 1.21 bits per heavy atom. The fraction of sp³-hybridized carbons (Fsp3) is 0.579. The summed E-state index contributed by atoms with van der Waals surface area (Å²) in [5, 5.41) is 9.46. The van der Waals surface area contributed by atoms with Crippen LogP contribution in [0.25, 0.3) is 0 Å². The number of nitrogens with zero attached hydrogens (tertiary/aromatic N) is 2. The van der Waals surface area contributed by atoms with Gasteiger partial charge in [-0.05, 0) is 44.7 Å². The van der Waals surface area contributed by atoms with Crippen molar-refractivity contribution in [3.05, 3.63) is 35.9 Å². The van der Waals surface area contributed by atoms with E-state index in [9.17, 15) is 14.7 Å². The number of carbonyl (C=O) groups excluding carboxylic acids is 1. The standard InChI is InChI=1S/C19H26N2O3/c1-19(18(23)24)10-6-12-21(14-19)17(22)16-9-5-11-20(16)13-15-7-3-2-4-8-15/h2-4,7-8,16H,5-6,9-14H2,1H3,(H,23,24). The smallest absolute Gasteiger partial charge is 0.311 e. The second-order valence-electron chi connectivity index (χ2n) is 7.34. The maximum absolute atomic E-state index is 13.0. The van der Waals surface area contributed by atoms with Crippen molar-refractivity contribution in [3.63, 3.8) is 0 Å². The molecule has 0 saturated carbocycles. The van der Waals surface area contributed by atoms with Crippen molar-refractivity contribution in [2.75, 3.05) is 19.6 Å². The molecule has 3 rings (SSSR count). The number of piperidine rings is 1. The molecule has 0 aromatic heterocycles. The minimum Gasteiger partial charge on any atom is -0.481 e. The van der Waals surface area contributed by atoms with Gasteiger partial charge in [-0.15, -0.1) is 0 Å². The van der Waals surface area contributed by atoms with Crippen molar-refractivity contribution in [1.82, 2.24) is 9.80 Å². The Morgan fingerprint density at radius 2 is 1.96 bits per heavy atom. The van der Waals surface area contributed by atoms with Crippen molar-refractivity contribution in [2.24, 2.45) is 5.41 Å². The third-order valence-corrected chi connectivity index (χ3v) is 5.40. The van der Waals surface area contributed by atoms with Crippen LogP contribution in [0.3, 0.4) is 0 Å². The van der Waals surface area contributed by atoms with E-state index in [1.807, 2.05) is 18.2 Å². The fourth-order valence-electron chi connectivity index (χ4n) is 3.93. The molecular formula is C19H26N2O3. The highest BCUT2D eigenvalue weighted by molar-refractivity contribution is 5.83.